The van der Waals surface area contributed by atoms with Gasteiger partial charge in [-0.2, -0.15) is 0 Å². The first-order valence-electron chi connectivity index (χ1n) is 6.19. The molecule has 0 saturated heterocycles. The van der Waals surface area contributed by atoms with Crippen LogP contribution in [0.4, 0.5) is 0 Å². The minimum Gasteiger partial charge on any atom is -0.480 e. The predicted molar refractivity (Wildman–Crippen MR) is 82.3 cm³/mol. The Bertz CT molecular complexity index is 546. The predicted octanol–water partition coefficient (Wildman–Crippen LogP) is 2.82. The number of nitrogens with one attached hydrogen (secondary N) is 1. The van der Waals surface area contributed by atoms with Gasteiger partial charge in [0.15, 0.2) is 0 Å². The number of carbonyl (C=O) groups is 1. The highest BCUT2D eigenvalue weighted by Crippen LogP contribution is 2.29. The van der Waals surface area contributed by atoms with Crippen LogP contribution in [0.5, 0.6) is 0 Å². The van der Waals surface area contributed by atoms with E-state index < -0.39 is 11.5 Å². The number of thioether (sulfide) groups is 1. The Kier molecular flexibility index (Phi) is 5.17. The molecule has 1 aromatic carbocycles. The van der Waals surface area contributed by atoms with Crippen molar-refractivity contribution in [1.29, 1.82) is 0 Å². The van der Waals surface area contributed by atoms with E-state index in [0.29, 0.717) is 12.2 Å². The van der Waals surface area contributed by atoms with E-state index in [1.165, 1.54) is 0 Å². The van der Waals surface area contributed by atoms with Crippen LogP contribution in [0.2, 0.25) is 0 Å². The van der Waals surface area contributed by atoms with Crippen molar-refractivity contribution >= 4 is 29.1 Å². The first-order valence-corrected chi connectivity index (χ1v) is 8.05. The molecule has 6 heteroatoms. The molecular formula is C14H16N2O2S2. The van der Waals surface area contributed by atoms with E-state index in [2.05, 4.69) is 10.3 Å². The van der Waals surface area contributed by atoms with Crippen molar-refractivity contribution in [3.63, 3.8) is 0 Å². The van der Waals surface area contributed by atoms with Gasteiger partial charge >= 0.3 is 5.97 Å². The van der Waals surface area contributed by atoms with Crippen LogP contribution in [0.25, 0.3) is 0 Å². The molecule has 0 saturated carbocycles. The fourth-order valence-corrected chi connectivity index (χ4v) is 3.81. The number of nitrogens with zero attached hydrogens (tertiary/aromatic N) is 1. The zero-order valence-corrected chi connectivity index (χ0v) is 12.7. The van der Waals surface area contributed by atoms with Crippen LogP contribution in [0.15, 0.2) is 46.2 Å². The molecule has 0 aliphatic carbocycles. The van der Waals surface area contributed by atoms with Gasteiger partial charge in [-0.05, 0) is 19.0 Å². The van der Waals surface area contributed by atoms with E-state index in [-0.39, 0.29) is 0 Å². The maximum Gasteiger partial charge on any atom is 0.328 e. The SMILES string of the molecule is CNC(CCSc1nccs1)(C(=O)O)c1ccccc1. The molecule has 0 spiro atoms. The molecule has 0 amide bonds. The molecule has 0 bridgehead atoms. The number of rotatable bonds is 7. The van der Waals surface area contributed by atoms with E-state index >= 15 is 0 Å². The average molecular weight is 308 g/mol. The summed E-state index contributed by atoms with van der Waals surface area (Å²) < 4.78 is 0.966. The van der Waals surface area contributed by atoms with Crippen molar-refractivity contribution in [1.82, 2.24) is 10.3 Å². The second-order valence-electron chi connectivity index (χ2n) is 4.22. The highest BCUT2D eigenvalue weighted by atomic mass is 32.2. The lowest BCUT2D eigenvalue weighted by atomic mass is 9.87. The molecule has 1 unspecified atom stereocenters. The number of aliphatic carboxylic acids is 1. The van der Waals surface area contributed by atoms with E-state index in [4.69, 9.17) is 0 Å². The number of hydrogen-bond donors (Lipinski definition) is 2. The van der Waals surface area contributed by atoms with Crippen LogP contribution >= 0.6 is 23.1 Å². The fraction of sp³-hybridized carbons (Fsp3) is 0.286. The largest absolute Gasteiger partial charge is 0.480 e. The van der Waals surface area contributed by atoms with E-state index in [0.717, 1.165) is 9.90 Å². The van der Waals surface area contributed by atoms with Crippen LogP contribution in [0.3, 0.4) is 0 Å². The van der Waals surface area contributed by atoms with Gasteiger partial charge in [0.2, 0.25) is 0 Å². The van der Waals surface area contributed by atoms with Crippen molar-refractivity contribution in [2.75, 3.05) is 12.8 Å². The molecule has 1 aromatic heterocycles. The van der Waals surface area contributed by atoms with Gasteiger partial charge in [0.25, 0.3) is 0 Å². The van der Waals surface area contributed by atoms with Gasteiger partial charge in [0, 0.05) is 17.3 Å². The molecule has 20 heavy (non-hydrogen) atoms. The topological polar surface area (TPSA) is 62.2 Å². The summed E-state index contributed by atoms with van der Waals surface area (Å²) in [6.45, 7) is 0. The van der Waals surface area contributed by atoms with Crippen molar-refractivity contribution in [3.8, 4) is 0 Å². The molecule has 0 aliphatic rings. The second kappa shape index (κ2) is 6.88. The molecule has 2 aromatic rings. The van der Waals surface area contributed by atoms with E-state index in [9.17, 15) is 9.90 Å². The molecule has 2 N–H and O–H groups in total. The Morgan fingerprint density at radius 2 is 2.20 bits per heavy atom. The molecule has 4 nitrogen and oxygen atoms in total. The smallest absolute Gasteiger partial charge is 0.328 e. The number of carboxylic acid groups (broad SMARTS) is 1. The fourth-order valence-electron chi connectivity index (χ4n) is 2.05. The Balaban J connectivity index is 2.13. The maximum absolute atomic E-state index is 11.8. The summed E-state index contributed by atoms with van der Waals surface area (Å²) in [4.78, 5) is 16.0. The first-order chi connectivity index (χ1) is 9.69. The minimum absolute atomic E-state index is 0.493. The highest BCUT2D eigenvalue weighted by Gasteiger charge is 2.38. The lowest BCUT2D eigenvalue weighted by Crippen LogP contribution is -2.47. The zero-order valence-electron chi connectivity index (χ0n) is 11.1. The quantitative estimate of drug-likeness (QED) is 0.770. The third-order valence-corrected chi connectivity index (χ3v) is 5.14. The lowest BCUT2D eigenvalue weighted by Gasteiger charge is -2.29. The van der Waals surface area contributed by atoms with Gasteiger partial charge < -0.3 is 10.4 Å². The summed E-state index contributed by atoms with van der Waals surface area (Å²) in [7, 11) is 1.69. The summed E-state index contributed by atoms with van der Waals surface area (Å²) in [6.07, 6.45) is 2.25. The molecule has 0 aliphatic heterocycles. The molecule has 2 rings (SSSR count). The highest BCUT2D eigenvalue weighted by molar-refractivity contribution is 8.00. The third kappa shape index (κ3) is 3.20. The van der Waals surface area contributed by atoms with Crippen molar-refractivity contribution in [3.05, 3.63) is 47.5 Å². The van der Waals surface area contributed by atoms with Crippen molar-refractivity contribution in [2.24, 2.45) is 0 Å². The Morgan fingerprint density at radius 3 is 2.75 bits per heavy atom. The number of carboxylic acids is 1. The monoisotopic (exact) mass is 308 g/mol. The van der Waals surface area contributed by atoms with Gasteiger partial charge in [-0.1, -0.05) is 42.1 Å². The number of hydrogen-bond acceptors (Lipinski definition) is 5. The summed E-state index contributed by atoms with van der Waals surface area (Å²) >= 11 is 3.15. The molecule has 1 heterocycles. The Hall–Kier alpha value is -1.37. The summed E-state index contributed by atoms with van der Waals surface area (Å²) in [5.41, 5.74) is -0.277. The van der Waals surface area contributed by atoms with Gasteiger partial charge in [-0.25, -0.2) is 9.78 Å². The standard InChI is InChI=1S/C14H16N2O2S2/c1-15-14(12(17)18,11-5-3-2-4-6-11)7-9-19-13-16-8-10-20-13/h2-6,8,10,15H,7,9H2,1H3,(H,17,18). The average Bonchev–Trinajstić information content (AvgIpc) is 2.97. The molecule has 106 valence electrons. The number of likely N-dealkylation sites (N-methyl/N-ethyl adjacent to an activating group) is 1. The van der Waals surface area contributed by atoms with Crippen LogP contribution in [-0.2, 0) is 10.3 Å². The van der Waals surface area contributed by atoms with Crippen LogP contribution in [-0.4, -0.2) is 28.9 Å². The number of aromatic nitrogens is 1. The van der Waals surface area contributed by atoms with Gasteiger partial charge in [-0.15, -0.1) is 11.3 Å². The van der Waals surface area contributed by atoms with Gasteiger partial charge in [0.05, 0.1) is 0 Å². The van der Waals surface area contributed by atoms with Crippen LogP contribution < -0.4 is 5.32 Å². The van der Waals surface area contributed by atoms with Crippen LogP contribution in [0.1, 0.15) is 12.0 Å². The zero-order chi connectivity index (χ0) is 14.4. The molecule has 1 atom stereocenters. The van der Waals surface area contributed by atoms with Gasteiger partial charge in [-0.3, -0.25) is 0 Å². The number of thiazole rings is 1. The maximum atomic E-state index is 11.8. The van der Waals surface area contributed by atoms with Gasteiger partial charge in [0.1, 0.15) is 9.88 Å². The van der Waals surface area contributed by atoms with Crippen molar-refractivity contribution in [2.45, 2.75) is 16.3 Å². The summed E-state index contributed by atoms with van der Waals surface area (Å²) in [6, 6.07) is 9.30. The lowest BCUT2D eigenvalue weighted by molar-refractivity contribution is -0.145. The normalized spacial score (nSPS) is 13.8. The Labute approximate surface area is 126 Å². The summed E-state index contributed by atoms with van der Waals surface area (Å²) in [5, 5.41) is 14.5. The summed E-state index contributed by atoms with van der Waals surface area (Å²) in [5.74, 6) is -0.166. The Morgan fingerprint density at radius 1 is 1.45 bits per heavy atom. The van der Waals surface area contributed by atoms with Crippen molar-refractivity contribution < 1.29 is 9.90 Å². The van der Waals surface area contributed by atoms with E-state index in [1.807, 2.05) is 35.7 Å². The molecular weight excluding hydrogens is 292 g/mol. The second-order valence-corrected chi connectivity index (χ2v) is 6.46. The number of benzene rings is 1. The molecule has 0 fully saturated rings. The first kappa shape index (κ1) is 15.0. The van der Waals surface area contributed by atoms with E-state index in [1.54, 1.807) is 36.3 Å². The van der Waals surface area contributed by atoms with Crippen LogP contribution in [0, 0.1) is 0 Å². The minimum atomic E-state index is -1.05. The molecule has 0 radical (unpaired) electrons. The third-order valence-electron chi connectivity index (χ3n) is 3.17.